The number of rotatable bonds is 7. The molecular weight excluding hydrogens is 186 g/mol. The molecule has 2 heteroatoms. The Kier molecular flexibility index (Phi) is 5.07. The van der Waals surface area contributed by atoms with Crippen molar-refractivity contribution in [2.45, 2.75) is 59.0 Å². The lowest BCUT2D eigenvalue weighted by Crippen LogP contribution is -2.57. The molecule has 1 atom stereocenters. The lowest BCUT2D eigenvalue weighted by atomic mass is 9.72. The van der Waals surface area contributed by atoms with E-state index in [-0.39, 0.29) is 6.10 Å². The van der Waals surface area contributed by atoms with Crippen molar-refractivity contribution in [2.24, 2.45) is 5.41 Å². The van der Waals surface area contributed by atoms with Crippen LogP contribution in [-0.2, 0) is 0 Å². The first-order valence-corrected chi connectivity index (χ1v) is 6.56. The van der Waals surface area contributed by atoms with Crippen LogP contribution >= 0.6 is 0 Å². The molecule has 90 valence electrons. The summed E-state index contributed by atoms with van der Waals surface area (Å²) in [5.74, 6) is 0. The van der Waals surface area contributed by atoms with Crippen LogP contribution in [0.1, 0.15) is 52.9 Å². The third-order valence-electron chi connectivity index (χ3n) is 3.62. The molecule has 15 heavy (non-hydrogen) atoms. The van der Waals surface area contributed by atoms with Gasteiger partial charge in [-0.05, 0) is 24.7 Å². The van der Waals surface area contributed by atoms with Gasteiger partial charge in [0.15, 0.2) is 0 Å². The van der Waals surface area contributed by atoms with Gasteiger partial charge in [0.1, 0.15) is 0 Å². The van der Waals surface area contributed by atoms with Crippen molar-refractivity contribution >= 4 is 0 Å². The lowest BCUT2D eigenvalue weighted by Gasteiger charge is -2.51. The minimum atomic E-state index is -0.119. The second-order valence-electron chi connectivity index (χ2n) is 5.23. The third kappa shape index (κ3) is 3.46. The van der Waals surface area contributed by atoms with Crippen molar-refractivity contribution in [2.75, 3.05) is 19.6 Å². The van der Waals surface area contributed by atoms with Crippen LogP contribution < -0.4 is 0 Å². The first-order chi connectivity index (χ1) is 7.15. The van der Waals surface area contributed by atoms with E-state index >= 15 is 0 Å². The Morgan fingerprint density at radius 1 is 1.13 bits per heavy atom. The van der Waals surface area contributed by atoms with E-state index in [1.165, 1.54) is 38.8 Å². The molecule has 1 unspecified atom stereocenters. The van der Waals surface area contributed by atoms with E-state index in [1.54, 1.807) is 0 Å². The minimum Gasteiger partial charge on any atom is -0.392 e. The van der Waals surface area contributed by atoms with Crippen molar-refractivity contribution < 1.29 is 5.11 Å². The number of hydrogen-bond donors (Lipinski definition) is 1. The monoisotopic (exact) mass is 213 g/mol. The van der Waals surface area contributed by atoms with E-state index < -0.39 is 0 Å². The van der Waals surface area contributed by atoms with Gasteiger partial charge in [-0.2, -0.15) is 0 Å². The van der Waals surface area contributed by atoms with E-state index in [4.69, 9.17) is 0 Å². The number of hydrogen-bond acceptors (Lipinski definition) is 2. The molecule has 0 bridgehead atoms. The molecule has 1 rings (SSSR count). The normalized spacial score (nSPS) is 22.4. The van der Waals surface area contributed by atoms with Crippen LogP contribution in [0.5, 0.6) is 0 Å². The smallest absolute Gasteiger partial charge is 0.0664 e. The largest absolute Gasteiger partial charge is 0.392 e. The van der Waals surface area contributed by atoms with Gasteiger partial charge in [0.2, 0.25) is 0 Å². The highest BCUT2D eigenvalue weighted by atomic mass is 16.3. The Hall–Kier alpha value is -0.0800. The summed E-state index contributed by atoms with van der Waals surface area (Å²) in [6.45, 7) is 9.92. The van der Waals surface area contributed by atoms with Gasteiger partial charge in [-0.1, -0.05) is 33.6 Å². The molecule has 0 aliphatic carbocycles. The number of aliphatic hydroxyl groups excluding tert-OH is 1. The summed E-state index contributed by atoms with van der Waals surface area (Å²) in [5, 5.41) is 9.58. The van der Waals surface area contributed by atoms with E-state index in [1.807, 2.05) is 0 Å². The van der Waals surface area contributed by atoms with Crippen molar-refractivity contribution in [3.05, 3.63) is 0 Å². The Labute approximate surface area is 94.7 Å². The van der Waals surface area contributed by atoms with Crippen LogP contribution in [0.15, 0.2) is 0 Å². The molecule has 1 aliphatic heterocycles. The fraction of sp³-hybridized carbons (Fsp3) is 1.00. The SMILES string of the molecule is CCCC1(CCC)CN(CC(O)CC)C1. The minimum absolute atomic E-state index is 0.119. The molecule has 0 aromatic heterocycles. The maximum atomic E-state index is 9.58. The summed E-state index contributed by atoms with van der Waals surface area (Å²) in [6.07, 6.45) is 6.07. The van der Waals surface area contributed by atoms with Gasteiger partial charge in [-0.3, -0.25) is 4.90 Å². The summed E-state index contributed by atoms with van der Waals surface area (Å²) in [5.41, 5.74) is 0.594. The van der Waals surface area contributed by atoms with Gasteiger partial charge in [0.25, 0.3) is 0 Å². The zero-order valence-corrected chi connectivity index (χ0v) is 10.6. The average Bonchev–Trinajstić information content (AvgIpc) is 2.15. The maximum absolute atomic E-state index is 9.58. The molecule has 1 aliphatic rings. The summed E-state index contributed by atoms with van der Waals surface area (Å²) >= 11 is 0. The standard InChI is InChI=1S/C13H27NO/c1-4-7-13(8-5-2)10-14(11-13)9-12(15)6-3/h12,15H,4-11H2,1-3H3. The highest BCUT2D eigenvalue weighted by molar-refractivity contribution is 4.94. The summed E-state index contributed by atoms with van der Waals surface area (Å²) < 4.78 is 0. The van der Waals surface area contributed by atoms with Gasteiger partial charge in [-0.15, -0.1) is 0 Å². The Morgan fingerprint density at radius 3 is 2.07 bits per heavy atom. The van der Waals surface area contributed by atoms with Gasteiger partial charge < -0.3 is 5.11 Å². The van der Waals surface area contributed by atoms with Gasteiger partial charge in [0.05, 0.1) is 6.10 Å². The van der Waals surface area contributed by atoms with Gasteiger partial charge >= 0.3 is 0 Å². The van der Waals surface area contributed by atoms with Gasteiger partial charge in [0, 0.05) is 19.6 Å². The molecule has 0 aromatic carbocycles. The zero-order valence-electron chi connectivity index (χ0n) is 10.6. The molecule has 0 saturated carbocycles. The molecule has 2 nitrogen and oxygen atoms in total. The number of aliphatic hydroxyl groups is 1. The molecule has 0 spiro atoms. The fourth-order valence-electron chi connectivity index (χ4n) is 2.96. The Balaban J connectivity index is 2.30. The van der Waals surface area contributed by atoms with Crippen LogP contribution in [0.3, 0.4) is 0 Å². The Bertz CT molecular complexity index is 167. The van der Waals surface area contributed by atoms with Crippen LogP contribution in [-0.4, -0.2) is 35.7 Å². The van der Waals surface area contributed by atoms with E-state index in [9.17, 15) is 5.11 Å². The van der Waals surface area contributed by atoms with Crippen LogP contribution in [0, 0.1) is 5.41 Å². The molecular formula is C13H27NO. The summed E-state index contributed by atoms with van der Waals surface area (Å²) in [4.78, 5) is 2.42. The van der Waals surface area contributed by atoms with Crippen molar-refractivity contribution in [3.8, 4) is 0 Å². The van der Waals surface area contributed by atoms with Crippen LogP contribution in [0.2, 0.25) is 0 Å². The van der Waals surface area contributed by atoms with Crippen molar-refractivity contribution in [3.63, 3.8) is 0 Å². The topological polar surface area (TPSA) is 23.5 Å². The number of nitrogens with zero attached hydrogens (tertiary/aromatic N) is 1. The highest BCUT2D eigenvalue weighted by Gasteiger charge is 2.41. The van der Waals surface area contributed by atoms with Crippen LogP contribution in [0.25, 0.3) is 0 Å². The highest BCUT2D eigenvalue weighted by Crippen LogP contribution is 2.39. The fourth-order valence-corrected chi connectivity index (χ4v) is 2.96. The first kappa shape index (κ1) is 13.0. The summed E-state index contributed by atoms with van der Waals surface area (Å²) in [6, 6.07) is 0. The van der Waals surface area contributed by atoms with Crippen LogP contribution in [0.4, 0.5) is 0 Å². The molecule has 1 fully saturated rings. The van der Waals surface area contributed by atoms with Gasteiger partial charge in [-0.25, -0.2) is 0 Å². The Morgan fingerprint density at radius 2 is 1.67 bits per heavy atom. The third-order valence-corrected chi connectivity index (χ3v) is 3.62. The number of β-amino-alcohol motifs (C(OH)–C–C–N with tert-alkyl or cyclic N) is 1. The predicted molar refractivity (Wildman–Crippen MR) is 65.0 cm³/mol. The maximum Gasteiger partial charge on any atom is 0.0664 e. The molecule has 1 heterocycles. The predicted octanol–water partition coefficient (Wildman–Crippen LogP) is 2.66. The summed E-state index contributed by atoms with van der Waals surface area (Å²) in [7, 11) is 0. The molecule has 1 N–H and O–H groups in total. The second kappa shape index (κ2) is 5.86. The molecule has 0 radical (unpaired) electrons. The van der Waals surface area contributed by atoms with E-state index in [0.717, 1.165) is 13.0 Å². The average molecular weight is 213 g/mol. The van der Waals surface area contributed by atoms with Crippen molar-refractivity contribution in [1.82, 2.24) is 4.90 Å². The second-order valence-corrected chi connectivity index (χ2v) is 5.23. The van der Waals surface area contributed by atoms with E-state index in [0.29, 0.717) is 5.41 Å². The first-order valence-electron chi connectivity index (χ1n) is 6.56. The molecule has 1 saturated heterocycles. The number of likely N-dealkylation sites (tertiary alicyclic amines) is 1. The van der Waals surface area contributed by atoms with E-state index in [2.05, 4.69) is 25.7 Å². The quantitative estimate of drug-likeness (QED) is 0.703. The van der Waals surface area contributed by atoms with Crippen molar-refractivity contribution in [1.29, 1.82) is 0 Å². The molecule has 0 amide bonds. The molecule has 0 aromatic rings. The zero-order chi connectivity index (χ0) is 11.3. The lowest BCUT2D eigenvalue weighted by molar-refractivity contribution is -0.0392.